The van der Waals surface area contributed by atoms with Gasteiger partial charge in [-0.2, -0.15) is 0 Å². The maximum Gasteiger partial charge on any atom is 0.335 e. The first kappa shape index (κ1) is 20.4. The van der Waals surface area contributed by atoms with Crippen LogP contribution in [0.25, 0.3) is 11.1 Å². The molecule has 32 heavy (non-hydrogen) atoms. The van der Waals surface area contributed by atoms with Crippen LogP contribution in [0.4, 0.5) is 5.69 Å². The van der Waals surface area contributed by atoms with Crippen LogP contribution in [0.3, 0.4) is 0 Å². The number of benzene rings is 3. The van der Waals surface area contributed by atoms with E-state index < -0.39 is 11.4 Å². The van der Waals surface area contributed by atoms with E-state index in [0.29, 0.717) is 27.8 Å². The van der Waals surface area contributed by atoms with Crippen molar-refractivity contribution in [3.63, 3.8) is 0 Å². The summed E-state index contributed by atoms with van der Waals surface area (Å²) in [4.78, 5) is 24.7. The summed E-state index contributed by atoms with van der Waals surface area (Å²) in [6.45, 7) is 2.11. The maximum atomic E-state index is 13.3. The molecule has 3 aromatic carbocycles. The minimum absolute atomic E-state index is 0. The first-order chi connectivity index (χ1) is 15.4. The van der Waals surface area contributed by atoms with Crippen LogP contribution in [-0.2, 0) is 10.2 Å². The van der Waals surface area contributed by atoms with Gasteiger partial charge in [0.05, 0.1) is 11.0 Å². The molecule has 0 atom stereocenters. The van der Waals surface area contributed by atoms with Gasteiger partial charge in [-0.05, 0) is 78.9 Å². The molecule has 1 aliphatic carbocycles. The standard InChI is InChI=1S/C25H20ClNO5.2H2/c1-14-2-5-17(12-18(14)19-10-15(23(28)29)3-6-20(19)26)27-24(30)25(8-9-25)16-4-7-21-22(11-16)32-13-31-21;;/h2-7,10-12H,8-9,13H2,1H3,(H,27,30)(H,28,29);2*1H. The zero-order valence-corrected chi connectivity index (χ0v) is 18.0. The van der Waals surface area contributed by atoms with E-state index in [-0.39, 0.29) is 21.1 Å². The van der Waals surface area contributed by atoms with Gasteiger partial charge in [-0.3, -0.25) is 4.79 Å². The fraction of sp³-hybridized carbons (Fsp3) is 0.200. The van der Waals surface area contributed by atoms with Crippen molar-refractivity contribution in [2.75, 3.05) is 12.1 Å². The van der Waals surface area contributed by atoms with Crippen molar-refractivity contribution in [1.82, 2.24) is 0 Å². The van der Waals surface area contributed by atoms with Crippen LogP contribution in [0, 0.1) is 6.92 Å². The Morgan fingerprint density at radius 2 is 1.78 bits per heavy atom. The highest BCUT2D eigenvalue weighted by atomic mass is 35.5. The van der Waals surface area contributed by atoms with Gasteiger partial charge in [-0.25, -0.2) is 4.79 Å². The van der Waals surface area contributed by atoms with Gasteiger partial charge in [-0.1, -0.05) is 23.7 Å². The van der Waals surface area contributed by atoms with E-state index in [1.807, 2.05) is 43.3 Å². The fourth-order valence-electron chi connectivity index (χ4n) is 4.07. The van der Waals surface area contributed by atoms with Crippen molar-refractivity contribution in [3.8, 4) is 22.6 Å². The zero-order chi connectivity index (χ0) is 22.5. The van der Waals surface area contributed by atoms with Crippen LogP contribution in [0.2, 0.25) is 5.02 Å². The van der Waals surface area contributed by atoms with Gasteiger partial charge in [-0.15, -0.1) is 0 Å². The van der Waals surface area contributed by atoms with Gasteiger partial charge in [0.25, 0.3) is 0 Å². The van der Waals surface area contributed by atoms with Gasteiger partial charge in [0, 0.05) is 19.1 Å². The average Bonchev–Trinajstić information content (AvgIpc) is 3.46. The Kier molecular flexibility index (Phi) is 4.82. The molecule has 0 bridgehead atoms. The van der Waals surface area contributed by atoms with Gasteiger partial charge >= 0.3 is 5.97 Å². The molecule has 2 N–H and O–H groups in total. The third-order valence-corrected chi connectivity index (χ3v) is 6.44. The minimum atomic E-state index is -1.02. The van der Waals surface area contributed by atoms with E-state index in [9.17, 15) is 14.7 Å². The summed E-state index contributed by atoms with van der Waals surface area (Å²) >= 11 is 6.37. The number of amides is 1. The molecule has 1 saturated carbocycles. The molecule has 0 saturated heterocycles. The van der Waals surface area contributed by atoms with Crippen LogP contribution in [-0.4, -0.2) is 23.8 Å². The fourth-order valence-corrected chi connectivity index (χ4v) is 4.29. The van der Waals surface area contributed by atoms with E-state index >= 15 is 0 Å². The lowest BCUT2D eigenvalue weighted by atomic mass is 9.94. The van der Waals surface area contributed by atoms with Crippen molar-refractivity contribution < 1.29 is 27.0 Å². The predicted molar refractivity (Wildman–Crippen MR) is 125 cm³/mol. The third kappa shape index (κ3) is 3.46. The Hall–Kier alpha value is -3.51. The van der Waals surface area contributed by atoms with Crippen LogP contribution >= 0.6 is 11.6 Å². The Morgan fingerprint density at radius 1 is 1.00 bits per heavy atom. The smallest absolute Gasteiger partial charge is 0.335 e. The molecule has 1 amide bonds. The van der Waals surface area contributed by atoms with Gasteiger partial charge in [0.2, 0.25) is 12.7 Å². The summed E-state index contributed by atoms with van der Waals surface area (Å²) in [6.07, 6.45) is 1.51. The highest BCUT2D eigenvalue weighted by molar-refractivity contribution is 6.33. The van der Waals surface area contributed by atoms with E-state index in [0.717, 1.165) is 29.5 Å². The molecule has 1 heterocycles. The molecule has 0 radical (unpaired) electrons. The lowest BCUT2D eigenvalue weighted by molar-refractivity contribution is -0.118. The van der Waals surface area contributed by atoms with E-state index in [2.05, 4.69) is 5.32 Å². The molecular formula is C25H24ClNO5. The first-order valence-electron chi connectivity index (χ1n) is 10.2. The topological polar surface area (TPSA) is 84.9 Å². The van der Waals surface area contributed by atoms with E-state index in [1.165, 1.54) is 6.07 Å². The number of anilines is 1. The lowest BCUT2D eigenvalue weighted by Gasteiger charge is -2.18. The molecule has 1 aliphatic heterocycles. The second-order valence-corrected chi connectivity index (χ2v) is 8.54. The van der Waals surface area contributed by atoms with Crippen molar-refractivity contribution in [1.29, 1.82) is 0 Å². The average molecular weight is 454 g/mol. The largest absolute Gasteiger partial charge is 0.478 e. The molecule has 0 spiro atoms. The normalized spacial score (nSPS) is 15.3. The molecule has 5 rings (SSSR count). The number of carboxylic acids is 1. The summed E-state index contributed by atoms with van der Waals surface area (Å²) < 4.78 is 10.8. The number of rotatable bonds is 5. The Balaban J connectivity index is 0.00000162. The number of hydrogen-bond acceptors (Lipinski definition) is 4. The predicted octanol–water partition coefficient (Wildman–Crippen LogP) is 5.90. The summed E-state index contributed by atoms with van der Waals surface area (Å²) in [6, 6.07) is 15.8. The van der Waals surface area contributed by atoms with Crippen molar-refractivity contribution in [2.45, 2.75) is 25.2 Å². The number of aromatic carboxylic acids is 1. The quantitative estimate of drug-likeness (QED) is 0.502. The minimum Gasteiger partial charge on any atom is -0.478 e. The third-order valence-electron chi connectivity index (χ3n) is 6.11. The second kappa shape index (κ2) is 7.57. The van der Waals surface area contributed by atoms with Crippen LogP contribution in [0.1, 0.15) is 37.2 Å². The molecule has 0 unspecified atom stereocenters. The number of carboxylic acid groups (broad SMARTS) is 1. The Labute approximate surface area is 192 Å². The van der Waals surface area contributed by atoms with Gasteiger partial charge in [0.1, 0.15) is 0 Å². The lowest BCUT2D eigenvalue weighted by Crippen LogP contribution is -2.27. The zero-order valence-electron chi connectivity index (χ0n) is 17.3. The van der Waals surface area contributed by atoms with Crippen molar-refractivity contribution in [2.24, 2.45) is 0 Å². The SMILES string of the molecule is Cc1ccc(NC(=O)C2(c3ccc4c(c3)OCO4)CC2)cc1-c1cc(C(=O)O)ccc1Cl.[HH].[HH]. The molecule has 166 valence electrons. The van der Waals surface area contributed by atoms with Gasteiger partial charge < -0.3 is 19.9 Å². The molecular weight excluding hydrogens is 430 g/mol. The van der Waals surface area contributed by atoms with Crippen LogP contribution in [0.5, 0.6) is 11.5 Å². The number of carbonyl (C=O) groups is 2. The van der Waals surface area contributed by atoms with Crippen LogP contribution < -0.4 is 14.8 Å². The first-order valence-corrected chi connectivity index (χ1v) is 10.6. The summed E-state index contributed by atoms with van der Waals surface area (Å²) in [5.41, 5.74) is 3.39. The Bertz CT molecular complexity index is 1280. The number of nitrogens with one attached hydrogen (secondary N) is 1. The molecule has 6 nitrogen and oxygen atoms in total. The Morgan fingerprint density at radius 3 is 2.53 bits per heavy atom. The molecule has 1 fully saturated rings. The summed E-state index contributed by atoms with van der Waals surface area (Å²) in [5, 5.41) is 12.8. The van der Waals surface area contributed by atoms with Crippen LogP contribution in [0.15, 0.2) is 54.6 Å². The van der Waals surface area contributed by atoms with Crippen molar-refractivity contribution in [3.05, 3.63) is 76.3 Å². The van der Waals surface area contributed by atoms with Gasteiger partial charge in [0.15, 0.2) is 11.5 Å². The number of ether oxygens (including phenoxy) is 2. The highest BCUT2D eigenvalue weighted by Crippen LogP contribution is 2.51. The highest BCUT2D eigenvalue weighted by Gasteiger charge is 2.51. The summed E-state index contributed by atoms with van der Waals surface area (Å²) in [5.74, 6) is 0.238. The number of aryl methyl sites for hydroxylation is 1. The number of halogens is 1. The second-order valence-electron chi connectivity index (χ2n) is 8.13. The summed E-state index contributed by atoms with van der Waals surface area (Å²) in [7, 11) is 0. The maximum absolute atomic E-state index is 13.3. The molecule has 7 heteroatoms. The monoisotopic (exact) mass is 453 g/mol. The molecule has 2 aliphatic rings. The van der Waals surface area contributed by atoms with E-state index in [4.69, 9.17) is 21.1 Å². The number of hydrogen-bond donors (Lipinski definition) is 2. The van der Waals surface area contributed by atoms with Crippen molar-refractivity contribution >= 4 is 29.2 Å². The number of fused-ring (bicyclic) bond motifs is 1. The molecule has 3 aromatic rings. The number of carbonyl (C=O) groups excluding carboxylic acids is 1. The molecule has 0 aromatic heterocycles. The van der Waals surface area contributed by atoms with E-state index in [1.54, 1.807) is 12.1 Å².